The van der Waals surface area contributed by atoms with E-state index in [1.165, 1.54) is 17.4 Å². The highest BCUT2D eigenvalue weighted by Crippen LogP contribution is 2.30. The topological polar surface area (TPSA) is 59.1 Å². The van der Waals surface area contributed by atoms with E-state index < -0.39 is 28.4 Å². The third kappa shape index (κ3) is 5.54. The maximum atomic E-state index is 12.3. The molecule has 4 nitrogen and oxygen atoms in total. The summed E-state index contributed by atoms with van der Waals surface area (Å²) in [5.74, 6) is -1.02. The van der Waals surface area contributed by atoms with Crippen molar-refractivity contribution in [2.24, 2.45) is 0 Å². The molecule has 1 heterocycles. The molecule has 0 aliphatic carbocycles. The summed E-state index contributed by atoms with van der Waals surface area (Å²) in [6, 6.07) is 16.0. The summed E-state index contributed by atoms with van der Waals surface area (Å²) in [5.41, 5.74) is 2.50. The van der Waals surface area contributed by atoms with Crippen LogP contribution >= 0.6 is 11.3 Å². The highest BCUT2D eigenvalue weighted by molar-refractivity contribution is 7.92. The molecule has 0 spiro atoms. The van der Waals surface area contributed by atoms with E-state index in [1.807, 2.05) is 35.7 Å². The number of hydrogen-bond acceptors (Lipinski definition) is 4. The van der Waals surface area contributed by atoms with Crippen LogP contribution in [0.4, 0.5) is 18.9 Å². The Kier molecular flexibility index (Phi) is 5.52. The maximum absolute atomic E-state index is 12.3. The second-order valence-electron chi connectivity index (χ2n) is 5.77. The van der Waals surface area contributed by atoms with Gasteiger partial charge < -0.3 is 0 Å². The van der Waals surface area contributed by atoms with E-state index in [9.17, 15) is 21.6 Å². The van der Waals surface area contributed by atoms with E-state index in [4.69, 9.17) is 0 Å². The van der Waals surface area contributed by atoms with Crippen molar-refractivity contribution in [2.75, 3.05) is 10.5 Å². The predicted molar refractivity (Wildman–Crippen MR) is 101 cm³/mol. The van der Waals surface area contributed by atoms with Crippen molar-refractivity contribution in [1.82, 2.24) is 4.98 Å². The minimum atomic E-state index is -4.52. The summed E-state index contributed by atoms with van der Waals surface area (Å²) in [6.07, 6.45) is -5.92. The number of hydrogen-bond donors (Lipinski definition) is 1. The van der Waals surface area contributed by atoms with Crippen LogP contribution in [0.15, 0.2) is 60.0 Å². The smallest absolute Gasteiger partial charge is 0.284 e. The normalized spacial score (nSPS) is 12.1. The van der Waals surface area contributed by atoms with E-state index in [2.05, 4.69) is 9.71 Å². The lowest BCUT2D eigenvalue weighted by Crippen LogP contribution is -2.21. The summed E-state index contributed by atoms with van der Waals surface area (Å²) in [6.45, 7) is 0. The van der Waals surface area contributed by atoms with Crippen molar-refractivity contribution in [3.8, 4) is 21.8 Å². The van der Waals surface area contributed by atoms with E-state index in [0.29, 0.717) is 11.3 Å². The van der Waals surface area contributed by atoms with Crippen molar-refractivity contribution in [3.63, 3.8) is 0 Å². The lowest BCUT2D eigenvalue weighted by Gasteiger charge is -2.10. The monoisotopic (exact) mass is 412 g/mol. The molecular formula is C18H15F3N2O2S2. The molecule has 0 saturated heterocycles. The first kappa shape index (κ1) is 19.4. The number of alkyl halides is 3. The number of sulfonamides is 1. The first-order valence-electron chi connectivity index (χ1n) is 7.90. The zero-order chi connectivity index (χ0) is 19.5. The first-order valence-corrected chi connectivity index (χ1v) is 10.4. The number of thiazole rings is 1. The Balaban J connectivity index is 1.77. The molecule has 0 bridgehead atoms. The number of halogens is 3. The van der Waals surface area contributed by atoms with Crippen LogP contribution in [-0.2, 0) is 10.0 Å². The Bertz CT molecular complexity index is 1020. The lowest BCUT2D eigenvalue weighted by molar-refractivity contribution is -0.129. The van der Waals surface area contributed by atoms with Crippen molar-refractivity contribution in [1.29, 1.82) is 0 Å². The van der Waals surface area contributed by atoms with Gasteiger partial charge in [0, 0.05) is 22.2 Å². The second kappa shape index (κ2) is 7.69. The van der Waals surface area contributed by atoms with Crippen molar-refractivity contribution in [2.45, 2.75) is 12.6 Å². The van der Waals surface area contributed by atoms with Crippen LogP contribution < -0.4 is 4.72 Å². The van der Waals surface area contributed by atoms with Gasteiger partial charge in [0.25, 0.3) is 0 Å². The van der Waals surface area contributed by atoms with Crippen LogP contribution in [0.25, 0.3) is 21.8 Å². The van der Waals surface area contributed by atoms with Crippen molar-refractivity contribution >= 4 is 27.0 Å². The molecular weight excluding hydrogens is 397 g/mol. The number of anilines is 1. The Morgan fingerprint density at radius 1 is 1.00 bits per heavy atom. The fraction of sp³-hybridized carbons (Fsp3) is 0.167. The molecule has 3 rings (SSSR count). The largest absolute Gasteiger partial charge is 0.390 e. The number of benzene rings is 2. The summed E-state index contributed by atoms with van der Waals surface area (Å²) < 4.78 is 62.7. The molecule has 1 N–H and O–H groups in total. The van der Waals surface area contributed by atoms with E-state index in [1.54, 1.807) is 18.2 Å². The average molecular weight is 412 g/mol. The summed E-state index contributed by atoms with van der Waals surface area (Å²) >= 11 is 1.45. The fourth-order valence-corrected chi connectivity index (χ4v) is 4.27. The SMILES string of the molecule is O=S(=O)(CCC(F)(F)F)Nc1cccc(-c2csc(-c3ccccc3)n2)c1. The molecule has 0 unspecified atom stereocenters. The molecule has 0 amide bonds. The van der Waals surface area contributed by atoms with Gasteiger partial charge in [-0.2, -0.15) is 13.2 Å². The Morgan fingerprint density at radius 3 is 2.41 bits per heavy atom. The Hall–Kier alpha value is -2.39. The average Bonchev–Trinajstić information content (AvgIpc) is 3.10. The van der Waals surface area contributed by atoms with Gasteiger partial charge in [0.2, 0.25) is 10.0 Å². The van der Waals surface area contributed by atoms with E-state index >= 15 is 0 Å². The summed E-state index contributed by atoms with van der Waals surface area (Å²) in [7, 11) is -4.09. The van der Waals surface area contributed by atoms with Crippen LogP contribution in [0.2, 0.25) is 0 Å². The molecule has 27 heavy (non-hydrogen) atoms. The second-order valence-corrected chi connectivity index (χ2v) is 8.47. The molecule has 0 aliphatic rings. The molecule has 0 radical (unpaired) electrons. The molecule has 2 aromatic carbocycles. The third-order valence-corrected chi connectivity index (χ3v) is 5.79. The molecule has 9 heteroatoms. The third-order valence-electron chi connectivity index (χ3n) is 3.61. The highest BCUT2D eigenvalue weighted by atomic mass is 32.2. The van der Waals surface area contributed by atoms with E-state index in [0.717, 1.165) is 10.6 Å². The van der Waals surface area contributed by atoms with Gasteiger partial charge in [-0.15, -0.1) is 11.3 Å². The fourth-order valence-electron chi connectivity index (χ4n) is 2.34. The van der Waals surface area contributed by atoms with Gasteiger partial charge in [-0.3, -0.25) is 4.72 Å². The van der Waals surface area contributed by atoms with E-state index in [-0.39, 0.29) is 5.69 Å². The summed E-state index contributed by atoms with van der Waals surface area (Å²) in [4.78, 5) is 4.55. The highest BCUT2D eigenvalue weighted by Gasteiger charge is 2.29. The van der Waals surface area contributed by atoms with Gasteiger partial charge in [-0.1, -0.05) is 42.5 Å². The Morgan fingerprint density at radius 2 is 1.70 bits per heavy atom. The molecule has 0 fully saturated rings. The Labute approximate surface area is 158 Å². The minimum absolute atomic E-state index is 0.198. The number of nitrogens with one attached hydrogen (secondary N) is 1. The van der Waals surface area contributed by atoms with Gasteiger partial charge in [-0.25, -0.2) is 13.4 Å². The molecule has 142 valence electrons. The number of nitrogens with zero attached hydrogens (tertiary/aromatic N) is 1. The predicted octanol–water partition coefficient (Wildman–Crippen LogP) is 5.17. The lowest BCUT2D eigenvalue weighted by atomic mass is 10.1. The maximum Gasteiger partial charge on any atom is 0.390 e. The number of aromatic nitrogens is 1. The first-order chi connectivity index (χ1) is 12.7. The van der Waals surface area contributed by atoms with Crippen LogP contribution in [0.1, 0.15) is 6.42 Å². The van der Waals surface area contributed by atoms with Crippen LogP contribution in [0.3, 0.4) is 0 Å². The van der Waals surface area contributed by atoms with Gasteiger partial charge >= 0.3 is 6.18 Å². The molecule has 0 aliphatic heterocycles. The molecule has 0 saturated carbocycles. The number of rotatable bonds is 6. The van der Waals surface area contributed by atoms with Gasteiger partial charge in [0.05, 0.1) is 17.9 Å². The van der Waals surface area contributed by atoms with Crippen molar-refractivity contribution < 1.29 is 21.6 Å². The van der Waals surface area contributed by atoms with Crippen molar-refractivity contribution in [3.05, 3.63) is 60.0 Å². The zero-order valence-corrected chi connectivity index (χ0v) is 15.5. The van der Waals surface area contributed by atoms with Crippen LogP contribution in [0.5, 0.6) is 0 Å². The molecule has 0 atom stereocenters. The van der Waals surface area contributed by atoms with Gasteiger partial charge in [-0.05, 0) is 12.1 Å². The molecule has 3 aromatic rings. The molecule has 1 aromatic heterocycles. The minimum Gasteiger partial charge on any atom is -0.284 e. The van der Waals surface area contributed by atoms with Crippen LogP contribution in [0, 0.1) is 0 Å². The summed E-state index contributed by atoms with van der Waals surface area (Å²) in [5, 5.41) is 2.67. The quantitative estimate of drug-likeness (QED) is 0.608. The van der Waals surface area contributed by atoms with Crippen LogP contribution in [-0.4, -0.2) is 25.3 Å². The zero-order valence-electron chi connectivity index (χ0n) is 13.9. The standard InChI is InChI=1S/C18H15F3N2O2S2/c19-18(20,21)9-10-27(24,25)23-15-8-4-7-14(11-15)16-12-26-17(22-16)13-5-2-1-3-6-13/h1-8,11-12,23H,9-10H2. The van der Waals surface area contributed by atoms with Gasteiger partial charge in [0.15, 0.2) is 0 Å². The van der Waals surface area contributed by atoms with Gasteiger partial charge in [0.1, 0.15) is 5.01 Å².